The van der Waals surface area contributed by atoms with Gasteiger partial charge in [0.1, 0.15) is 6.26 Å². The Labute approximate surface area is 99.0 Å². The Morgan fingerprint density at radius 3 is 2.35 bits per heavy atom. The molecule has 0 fully saturated rings. The number of methoxy groups -OCH3 is 2. The minimum Gasteiger partial charge on any atom is -0.502 e. The molecule has 1 aromatic carbocycles. The Morgan fingerprint density at radius 2 is 1.82 bits per heavy atom. The highest BCUT2D eigenvalue weighted by atomic mass is 16.5. The summed E-state index contributed by atoms with van der Waals surface area (Å²) < 4.78 is 9.19. The minimum atomic E-state index is -0.670. The summed E-state index contributed by atoms with van der Waals surface area (Å²) in [5.41, 5.74) is 0.391. The lowest BCUT2D eigenvalue weighted by Crippen LogP contribution is -2.28. The van der Waals surface area contributed by atoms with Crippen molar-refractivity contribution in [2.24, 2.45) is 0 Å². The predicted molar refractivity (Wildman–Crippen MR) is 61.0 cm³/mol. The quantitative estimate of drug-likeness (QED) is 0.482. The molecule has 0 saturated carbocycles. The normalized spacial score (nSPS) is 10.6. The maximum absolute atomic E-state index is 11.7. The summed E-state index contributed by atoms with van der Waals surface area (Å²) in [5, 5.41) is 2.41. The predicted octanol–water partition coefficient (Wildman–Crippen LogP) is 1.08. The van der Waals surface area contributed by atoms with Crippen LogP contribution in [-0.2, 0) is 14.3 Å². The van der Waals surface area contributed by atoms with E-state index in [-0.39, 0.29) is 5.70 Å². The molecule has 5 heteroatoms. The Balaban J connectivity index is 2.79. The van der Waals surface area contributed by atoms with E-state index in [1.807, 2.05) is 0 Å². The molecule has 0 unspecified atom stereocenters. The summed E-state index contributed by atoms with van der Waals surface area (Å²) in [6, 6.07) is 8.52. The maximum atomic E-state index is 11.7. The number of ether oxygens (including phenoxy) is 2. The summed E-state index contributed by atoms with van der Waals surface area (Å²) in [5.74, 6) is -1.07. The Kier molecular flexibility index (Phi) is 4.75. The molecule has 1 aromatic rings. The lowest BCUT2D eigenvalue weighted by atomic mass is 10.2. The standard InChI is InChI=1S/C12H13NO4/c1-16-8-10(12(15)17-2)13-11(14)9-6-4-3-5-7-9/h3-8H,1-2H3,(H,13,14)/b10-8+. The number of carbonyl (C=O) groups is 2. The van der Waals surface area contributed by atoms with Crippen LogP contribution in [0.4, 0.5) is 0 Å². The molecule has 0 radical (unpaired) electrons. The lowest BCUT2D eigenvalue weighted by molar-refractivity contribution is -0.136. The molecule has 5 nitrogen and oxygen atoms in total. The van der Waals surface area contributed by atoms with E-state index in [0.29, 0.717) is 5.56 Å². The van der Waals surface area contributed by atoms with Gasteiger partial charge in [0, 0.05) is 5.56 Å². The minimum absolute atomic E-state index is 0.0520. The summed E-state index contributed by atoms with van der Waals surface area (Å²) in [4.78, 5) is 23.0. The average Bonchev–Trinajstić information content (AvgIpc) is 2.38. The highest BCUT2D eigenvalue weighted by molar-refractivity contribution is 6.00. The second-order valence-electron chi connectivity index (χ2n) is 3.08. The van der Waals surface area contributed by atoms with Crippen LogP contribution >= 0.6 is 0 Å². The van der Waals surface area contributed by atoms with Gasteiger partial charge in [0.15, 0.2) is 5.70 Å². The number of hydrogen-bond acceptors (Lipinski definition) is 4. The summed E-state index contributed by atoms with van der Waals surface area (Å²) >= 11 is 0. The first kappa shape index (κ1) is 12.8. The third kappa shape index (κ3) is 3.64. The van der Waals surface area contributed by atoms with E-state index in [2.05, 4.69) is 14.8 Å². The zero-order chi connectivity index (χ0) is 12.7. The molecular weight excluding hydrogens is 222 g/mol. The third-order valence-corrected chi connectivity index (χ3v) is 1.93. The van der Waals surface area contributed by atoms with Crippen molar-refractivity contribution in [3.8, 4) is 0 Å². The fourth-order valence-corrected chi connectivity index (χ4v) is 1.14. The van der Waals surface area contributed by atoms with Crippen molar-refractivity contribution in [2.75, 3.05) is 14.2 Å². The van der Waals surface area contributed by atoms with Crippen LogP contribution in [0.15, 0.2) is 42.3 Å². The van der Waals surface area contributed by atoms with E-state index in [4.69, 9.17) is 0 Å². The number of amides is 1. The summed E-state index contributed by atoms with van der Waals surface area (Å²) in [6.07, 6.45) is 1.12. The van der Waals surface area contributed by atoms with Crippen molar-refractivity contribution in [3.63, 3.8) is 0 Å². The van der Waals surface area contributed by atoms with E-state index in [1.54, 1.807) is 30.3 Å². The van der Waals surface area contributed by atoms with Gasteiger partial charge in [-0.15, -0.1) is 0 Å². The molecule has 0 heterocycles. The first-order valence-corrected chi connectivity index (χ1v) is 4.86. The van der Waals surface area contributed by atoms with Crippen LogP contribution < -0.4 is 5.32 Å². The van der Waals surface area contributed by atoms with Gasteiger partial charge in [-0.1, -0.05) is 18.2 Å². The van der Waals surface area contributed by atoms with Gasteiger partial charge < -0.3 is 14.8 Å². The van der Waals surface area contributed by atoms with Crippen molar-refractivity contribution >= 4 is 11.9 Å². The fraction of sp³-hybridized carbons (Fsp3) is 0.167. The van der Waals surface area contributed by atoms with E-state index in [9.17, 15) is 9.59 Å². The Morgan fingerprint density at radius 1 is 1.18 bits per heavy atom. The van der Waals surface area contributed by atoms with Crippen LogP contribution in [0.2, 0.25) is 0 Å². The van der Waals surface area contributed by atoms with Crippen LogP contribution in [0.1, 0.15) is 10.4 Å². The smallest absolute Gasteiger partial charge is 0.357 e. The maximum Gasteiger partial charge on any atom is 0.357 e. The lowest BCUT2D eigenvalue weighted by Gasteiger charge is -2.07. The molecule has 0 saturated heterocycles. The van der Waals surface area contributed by atoms with Crippen molar-refractivity contribution < 1.29 is 19.1 Å². The van der Waals surface area contributed by atoms with Gasteiger partial charge in [0.05, 0.1) is 14.2 Å². The topological polar surface area (TPSA) is 64.6 Å². The van der Waals surface area contributed by atoms with Gasteiger partial charge in [0.25, 0.3) is 5.91 Å². The molecule has 1 rings (SSSR count). The molecule has 0 atom stereocenters. The first-order valence-electron chi connectivity index (χ1n) is 4.86. The van der Waals surface area contributed by atoms with Gasteiger partial charge in [-0.25, -0.2) is 4.79 Å². The van der Waals surface area contributed by atoms with Crippen LogP contribution in [0.5, 0.6) is 0 Å². The molecule has 1 amide bonds. The van der Waals surface area contributed by atoms with E-state index in [1.165, 1.54) is 14.2 Å². The number of rotatable bonds is 4. The molecule has 0 aliphatic rings. The highest BCUT2D eigenvalue weighted by Crippen LogP contribution is 2.01. The first-order chi connectivity index (χ1) is 8.19. The molecule has 0 aliphatic heterocycles. The van der Waals surface area contributed by atoms with Crippen LogP contribution in [-0.4, -0.2) is 26.1 Å². The molecule has 1 N–H and O–H groups in total. The number of carbonyl (C=O) groups excluding carboxylic acids is 2. The number of nitrogens with one attached hydrogen (secondary N) is 1. The number of hydrogen-bond donors (Lipinski definition) is 1. The average molecular weight is 235 g/mol. The van der Waals surface area contributed by atoms with Crippen molar-refractivity contribution in [2.45, 2.75) is 0 Å². The molecular formula is C12H13NO4. The molecule has 17 heavy (non-hydrogen) atoms. The van der Waals surface area contributed by atoms with Crippen molar-refractivity contribution in [1.29, 1.82) is 0 Å². The number of esters is 1. The van der Waals surface area contributed by atoms with Gasteiger partial charge in [-0.05, 0) is 12.1 Å². The van der Waals surface area contributed by atoms with Gasteiger partial charge in [-0.3, -0.25) is 4.79 Å². The summed E-state index contributed by atoms with van der Waals surface area (Å²) in [7, 11) is 2.60. The van der Waals surface area contributed by atoms with E-state index >= 15 is 0 Å². The molecule has 0 bridgehead atoms. The van der Waals surface area contributed by atoms with Crippen LogP contribution in [0.3, 0.4) is 0 Å². The zero-order valence-corrected chi connectivity index (χ0v) is 9.60. The SMILES string of the molecule is CO/C=C(/NC(=O)c1ccccc1)C(=O)OC. The highest BCUT2D eigenvalue weighted by Gasteiger charge is 2.14. The monoisotopic (exact) mass is 235 g/mol. The van der Waals surface area contributed by atoms with Crippen LogP contribution in [0.25, 0.3) is 0 Å². The molecule has 0 aromatic heterocycles. The number of benzene rings is 1. The third-order valence-electron chi connectivity index (χ3n) is 1.93. The van der Waals surface area contributed by atoms with E-state index < -0.39 is 11.9 Å². The van der Waals surface area contributed by atoms with Crippen molar-refractivity contribution in [1.82, 2.24) is 5.32 Å². The fourth-order valence-electron chi connectivity index (χ4n) is 1.14. The van der Waals surface area contributed by atoms with E-state index in [0.717, 1.165) is 6.26 Å². The second-order valence-corrected chi connectivity index (χ2v) is 3.08. The Hall–Kier alpha value is -2.30. The Bertz CT molecular complexity index is 425. The second kappa shape index (κ2) is 6.32. The van der Waals surface area contributed by atoms with Gasteiger partial charge in [0.2, 0.25) is 0 Å². The van der Waals surface area contributed by atoms with Crippen LogP contribution in [0, 0.1) is 0 Å². The van der Waals surface area contributed by atoms with Gasteiger partial charge in [-0.2, -0.15) is 0 Å². The summed E-state index contributed by atoms with van der Waals surface area (Å²) in [6.45, 7) is 0. The molecule has 0 spiro atoms. The largest absolute Gasteiger partial charge is 0.502 e. The molecule has 90 valence electrons. The van der Waals surface area contributed by atoms with Crippen molar-refractivity contribution in [3.05, 3.63) is 47.9 Å². The molecule has 0 aliphatic carbocycles. The zero-order valence-electron chi connectivity index (χ0n) is 9.60. The van der Waals surface area contributed by atoms with Gasteiger partial charge >= 0.3 is 5.97 Å².